The van der Waals surface area contributed by atoms with Crippen LogP contribution in [0.2, 0.25) is 0 Å². The number of thiocarbonyl (C=S) groups is 1. The molecule has 0 aromatic rings. The molecule has 1 atom stereocenters. The summed E-state index contributed by atoms with van der Waals surface area (Å²) in [5.74, 6) is 0.275. The summed E-state index contributed by atoms with van der Waals surface area (Å²) in [6, 6.07) is 0. The number of Topliss-reactive ketones (excluding diaryl/α,β-unsaturated/α-hetero) is 1. The van der Waals surface area contributed by atoms with Crippen LogP contribution in [0.25, 0.3) is 0 Å². The van der Waals surface area contributed by atoms with E-state index in [0.29, 0.717) is 23.7 Å². The van der Waals surface area contributed by atoms with Gasteiger partial charge in [-0.3, -0.25) is 4.79 Å². The maximum atomic E-state index is 11.4. The molecule has 0 bridgehead atoms. The van der Waals surface area contributed by atoms with E-state index in [1.807, 2.05) is 0 Å². The summed E-state index contributed by atoms with van der Waals surface area (Å²) < 4.78 is 0. The third-order valence-corrected chi connectivity index (χ3v) is 2.72. The van der Waals surface area contributed by atoms with Gasteiger partial charge < -0.3 is 5.32 Å². The first-order valence-corrected chi connectivity index (χ1v) is 5.08. The van der Waals surface area contributed by atoms with Crippen molar-refractivity contribution in [2.75, 3.05) is 6.54 Å². The zero-order valence-corrected chi connectivity index (χ0v) is 8.53. The van der Waals surface area contributed by atoms with E-state index in [9.17, 15) is 4.79 Å². The molecule has 1 rings (SSSR count). The van der Waals surface area contributed by atoms with E-state index >= 15 is 0 Å². The quantitative estimate of drug-likeness (QED) is 0.553. The summed E-state index contributed by atoms with van der Waals surface area (Å²) in [5.41, 5.74) is 0. The van der Waals surface area contributed by atoms with Crippen molar-refractivity contribution in [3.05, 3.63) is 12.7 Å². The number of nitrogens with one attached hydrogen (secondary N) is 1. The van der Waals surface area contributed by atoms with Crippen molar-refractivity contribution in [3.63, 3.8) is 0 Å². The van der Waals surface area contributed by atoms with Crippen molar-refractivity contribution in [1.82, 2.24) is 5.32 Å². The number of carbonyl (C=O) groups is 1. The van der Waals surface area contributed by atoms with E-state index in [2.05, 4.69) is 11.9 Å². The SMILES string of the molecule is C=CCNC(=S)C1CCCCC1=O. The molecule has 0 amide bonds. The number of rotatable bonds is 3. The van der Waals surface area contributed by atoms with Gasteiger partial charge in [0.15, 0.2) is 0 Å². The lowest BCUT2D eigenvalue weighted by molar-refractivity contribution is -0.122. The minimum absolute atomic E-state index is 0.0244. The normalized spacial score (nSPS) is 22.5. The second-order valence-electron chi connectivity index (χ2n) is 3.30. The third kappa shape index (κ3) is 2.92. The Labute approximate surface area is 84.4 Å². The number of hydrogen-bond acceptors (Lipinski definition) is 2. The van der Waals surface area contributed by atoms with Crippen LogP contribution >= 0.6 is 12.2 Å². The molecule has 72 valence electrons. The fourth-order valence-electron chi connectivity index (χ4n) is 1.56. The number of hydrogen-bond donors (Lipinski definition) is 1. The van der Waals surface area contributed by atoms with Gasteiger partial charge in [0.05, 0.1) is 10.9 Å². The lowest BCUT2D eigenvalue weighted by Crippen LogP contribution is -2.35. The summed E-state index contributed by atoms with van der Waals surface area (Å²) >= 11 is 5.14. The first-order chi connectivity index (χ1) is 6.25. The van der Waals surface area contributed by atoms with Crippen molar-refractivity contribution >= 4 is 23.0 Å². The topological polar surface area (TPSA) is 29.1 Å². The lowest BCUT2D eigenvalue weighted by atomic mass is 9.88. The second-order valence-corrected chi connectivity index (χ2v) is 3.74. The van der Waals surface area contributed by atoms with Gasteiger partial charge in [-0.2, -0.15) is 0 Å². The van der Waals surface area contributed by atoms with Crippen molar-refractivity contribution in [3.8, 4) is 0 Å². The molecule has 1 fully saturated rings. The Morgan fingerprint density at radius 3 is 3.08 bits per heavy atom. The molecule has 1 N–H and O–H groups in total. The van der Waals surface area contributed by atoms with Crippen molar-refractivity contribution in [2.24, 2.45) is 5.92 Å². The molecule has 0 aromatic carbocycles. The van der Waals surface area contributed by atoms with Crippen LogP contribution in [0, 0.1) is 5.92 Å². The van der Waals surface area contributed by atoms with Gasteiger partial charge in [0.2, 0.25) is 0 Å². The zero-order valence-electron chi connectivity index (χ0n) is 7.71. The van der Waals surface area contributed by atoms with Crippen molar-refractivity contribution in [1.29, 1.82) is 0 Å². The Kier molecular flexibility index (Phi) is 4.09. The molecule has 0 heterocycles. The Morgan fingerprint density at radius 1 is 1.69 bits per heavy atom. The third-order valence-electron chi connectivity index (χ3n) is 2.29. The van der Waals surface area contributed by atoms with Crippen LogP contribution in [0.1, 0.15) is 25.7 Å². The summed E-state index contributed by atoms with van der Waals surface area (Å²) in [4.78, 5) is 12.1. The van der Waals surface area contributed by atoms with Crippen LogP contribution in [0.4, 0.5) is 0 Å². The Balaban J connectivity index is 2.43. The predicted molar refractivity (Wildman–Crippen MR) is 57.8 cm³/mol. The van der Waals surface area contributed by atoms with E-state index in [-0.39, 0.29) is 5.92 Å². The fraction of sp³-hybridized carbons (Fsp3) is 0.600. The predicted octanol–water partition coefficient (Wildman–Crippen LogP) is 1.85. The number of ketones is 1. The molecule has 2 nitrogen and oxygen atoms in total. The molecular formula is C10H15NOS. The van der Waals surface area contributed by atoms with Gasteiger partial charge in [0, 0.05) is 13.0 Å². The maximum absolute atomic E-state index is 11.4. The first kappa shape index (κ1) is 10.4. The average Bonchev–Trinajstić information content (AvgIpc) is 2.15. The van der Waals surface area contributed by atoms with Crippen LogP contribution < -0.4 is 5.32 Å². The van der Waals surface area contributed by atoms with Crippen molar-refractivity contribution in [2.45, 2.75) is 25.7 Å². The molecule has 1 saturated carbocycles. The standard InChI is InChI=1S/C10H15NOS/c1-2-7-11-10(13)8-5-3-4-6-9(8)12/h2,8H,1,3-7H2,(H,11,13). The molecule has 0 aliphatic heterocycles. The molecule has 0 saturated heterocycles. The average molecular weight is 197 g/mol. The molecule has 0 aromatic heterocycles. The largest absolute Gasteiger partial charge is 0.376 e. The molecule has 1 unspecified atom stereocenters. The van der Waals surface area contributed by atoms with Crippen molar-refractivity contribution < 1.29 is 4.79 Å². The molecule has 0 spiro atoms. The lowest BCUT2D eigenvalue weighted by Gasteiger charge is -2.21. The van der Waals surface area contributed by atoms with E-state index < -0.39 is 0 Å². The smallest absolute Gasteiger partial charge is 0.142 e. The summed E-state index contributed by atoms with van der Waals surface area (Å²) in [7, 11) is 0. The van der Waals surface area contributed by atoms with Crippen LogP contribution in [-0.2, 0) is 4.79 Å². The Morgan fingerprint density at radius 2 is 2.46 bits per heavy atom. The Hall–Kier alpha value is -0.700. The van der Waals surface area contributed by atoms with Gasteiger partial charge in [-0.25, -0.2) is 0 Å². The van der Waals surface area contributed by atoms with Gasteiger partial charge in [-0.1, -0.05) is 24.7 Å². The minimum atomic E-state index is -0.0244. The molecule has 1 aliphatic carbocycles. The maximum Gasteiger partial charge on any atom is 0.142 e. The van der Waals surface area contributed by atoms with Crippen LogP contribution in [0.3, 0.4) is 0 Å². The van der Waals surface area contributed by atoms with Gasteiger partial charge in [0.1, 0.15) is 5.78 Å². The highest BCUT2D eigenvalue weighted by atomic mass is 32.1. The summed E-state index contributed by atoms with van der Waals surface area (Å²) in [5, 5.41) is 3.03. The fourth-order valence-corrected chi connectivity index (χ4v) is 1.89. The van der Waals surface area contributed by atoms with Crippen LogP contribution in [0.5, 0.6) is 0 Å². The minimum Gasteiger partial charge on any atom is -0.376 e. The highest BCUT2D eigenvalue weighted by Crippen LogP contribution is 2.21. The molecule has 0 radical (unpaired) electrons. The first-order valence-electron chi connectivity index (χ1n) is 4.67. The van der Waals surface area contributed by atoms with Crippen LogP contribution in [-0.4, -0.2) is 17.3 Å². The van der Waals surface area contributed by atoms with E-state index in [1.54, 1.807) is 6.08 Å². The van der Waals surface area contributed by atoms with Gasteiger partial charge in [0.25, 0.3) is 0 Å². The Bertz CT molecular complexity index is 225. The second kappa shape index (κ2) is 5.12. The van der Waals surface area contributed by atoms with E-state index in [0.717, 1.165) is 19.3 Å². The number of carbonyl (C=O) groups excluding carboxylic acids is 1. The zero-order chi connectivity index (χ0) is 9.68. The van der Waals surface area contributed by atoms with Gasteiger partial charge in [-0.15, -0.1) is 6.58 Å². The highest BCUT2D eigenvalue weighted by Gasteiger charge is 2.25. The monoisotopic (exact) mass is 197 g/mol. The van der Waals surface area contributed by atoms with Gasteiger partial charge >= 0.3 is 0 Å². The summed E-state index contributed by atoms with van der Waals surface area (Å²) in [6.07, 6.45) is 5.51. The molecule has 13 heavy (non-hydrogen) atoms. The van der Waals surface area contributed by atoms with Gasteiger partial charge in [-0.05, 0) is 12.8 Å². The molecular weight excluding hydrogens is 182 g/mol. The highest BCUT2D eigenvalue weighted by molar-refractivity contribution is 7.80. The van der Waals surface area contributed by atoms with E-state index in [4.69, 9.17) is 12.2 Å². The molecule has 1 aliphatic rings. The summed E-state index contributed by atoms with van der Waals surface area (Å²) in [6.45, 7) is 4.25. The van der Waals surface area contributed by atoms with E-state index in [1.165, 1.54) is 0 Å². The molecule has 3 heteroatoms. The van der Waals surface area contributed by atoms with Crippen LogP contribution in [0.15, 0.2) is 12.7 Å².